The summed E-state index contributed by atoms with van der Waals surface area (Å²) < 4.78 is 6.95. The fourth-order valence-electron chi connectivity index (χ4n) is 1.60. The first kappa shape index (κ1) is 14.7. The lowest BCUT2D eigenvalue weighted by atomic mass is 10.4. The summed E-state index contributed by atoms with van der Waals surface area (Å²) in [4.78, 5) is 13.6. The van der Waals surface area contributed by atoms with Crippen LogP contribution in [0.3, 0.4) is 0 Å². The van der Waals surface area contributed by atoms with Crippen LogP contribution in [0.1, 0.15) is 12.6 Å². The third-order valence-corrected chi connectivity index (χ3v) is 2.92. The molecule has 0 aromatic carbocycles. The molecular weight excluding hydrogens is 230 g/mol. The van der Waals surface area contributed by atoms with Crippen molar-refractivity contribution in [2.24, 2.45) is 0 Å². The Labute approximate surface area is 109 Å². The minimum Gasteiger partial charge on any atom is -0.383 e. The van der Waals surface area contributed by atoms with Gasteiger partial charge in [0.1, 0.15) is 6.54 Å². The van der Waals surface area contributed by atoms with Gasteiger partial charge in [-0.15, -0.1) is 0 Å². The van der Waals surface area contributed by atoms with E-state index in [0.29, 0.717) is 13.2 Å². The van der Waals surface area contributed by atoms with Gasteiger partial charge in [0, 0.05) is 45.7 Å². The van der Waals surface area contributed by atoms with Crippen molar-refractivity contribution in [2.45, 2.75) is 20.0 Å². The molecule has 18 heavy (non-hydrogen) atoms. The molecule has 0 radical (unpaired) electrons. The first-order valence-electron chi connectivity index (χ1n) is 6.26. The van der Waals surface area contributed by atoms with Crippen LogP contribution in [0.15, 0.2) is 18.3 Å². The Bertz CT molecular complexity index is 363. The number of rotatable bonds is 8. The van der Waals surface area contributed by atoms with Crippen LogP contribution in [0.5, 0.6) is 0 Å². The highest BCUT2D eigenvalue weighted by Crippen LogP contribution is 2.03. The molecule has 0 unspecified atom stereocenters. The minimum atomic E-state index is 0.131. The summed E-state index contributed by atoms with van der Waals surface area (Å²) in [6.45, 7) is 5.36. The van der Waals surface area contributed by atoms with Gasteiger partial charge in [0.25, 0.3) is 0 Å². The normalized spacial score (nSPS) is 10.6. The Morgan fingerprint density at radius 3 is 3.00 bits per heavy atom. The number of aromatic nitrogens is 1. The molecule has 0 aliphatic carbocycles. The number of carbonyl (C=O) groups excluding carboxylic acids is 1. The molecule has 1 aromatic heterocycles. The smallest absolute Gasteiger partial charge is 0.242 e. The quantitative estimate of drug-likeness (QED) is 0.694. The highest BCUT2D eigenvalue weighted by molar-refractivity contribution is 5.75. The lowest BCUT2D eigenvalue weighted by molar-refractivity contribution is -0.130. The average molecular weight is 253 g/mol. The zero-order valence-corrected chi connectivity index (χ0v) is 11.5. The van der Waals surface area contributed by atoms with E-state index < -0.39 is 0 Å². The van der Waals surface area contributed by atoms with E-state index in [4.69, 9.17) is 4.74 Å². The van der Waals surface area contributed by atoms with Crippen LogP contribution in [0, 0.1) is 0 Å². The molecule has 102 valence electrons. The van der Waals surface area contributed by atoms with Gasteiger partial charge in [-0.2, -0.15) is 0 Å². The summed E-state index contributed by atoms with van der Waals surface area (Å²) in [6, 6.07) is 3.99. The Hall–Kier alpha value is -1.33. The molecule has 5 heteroatoms. The van der Waals surface area contributed by atoms with E-state index in [2.05, 4.69) is 5.32 Å². The molecule has 1 aromatic rings. The maximum absolute atomic E-state index is 11.8. The zero-order chi connectivity index (χ0) is 13.4. The summed E-state index contributed by atoms with van der Waals surface area (Å²) >= 11 is 0. The molecule has 0 saturated carbocycles. The third kappa shape index (κ3) is 4.50. The molecule has 0 bridgehead atoms. The molecule has 1 heterocycles. The van der Waals surface area contributed by atoms with Crippen molar-refractivity contribution < 1.29 is 9.53 Å². The van der Waals surface area contributed by atoms with Crippen molar-refractivity contribution in [2.75, 3.05) is 33.9 Å². The number of hydrogen-bond donors (Lipinski definition) is 1. The highest BCUT2D eigenvalue weighted by atomic mass is 16.5. The molecule has 1 N–H and O–H groups in total. The number of ether oxygens (including phenoxy) is 1. The SMILES string of the molecule is CCN(C)C(=O)Cn1cccc1CNCCOC. The largest absolute Gasteiger partial charge is 0.383 e. The Morgan fingerprint density at radius 2 is 2.33 bits per heavy atom. The topological polar surface area (TPSA) is 46.5 Å². The van der Waals surface area contributed by atoms with Crippen LogP contribution in [0.25, 0.3) is 0 Å². The van der Waals surface area contributed by atoms with Gasteiger partial charge in [-0.3, -0.25) is 4.79 Å². The highest BCUT2D eigenvalue weighted by Gasteiger charge is 2.09. The predicted octanol–water partition coefficient (Wildman–Crippen LogP) is 0.702. The summed E-state index contributed by atoms with van der Waals surface area (Å²) in [7, 11) is 3.51. The second kappa shape index (κ2) is 7.89. The van der Waals surface area contributed by atoms with Gasteiger partial charge in [0.05, 0.1) is 6.61 Å². The maximum atomic E-state index is 11.8. The van der Waals surface area contributed by atoms with Crippen molar-refractivity contribution in [3.8, 4) is 0 Å². The van der Waals surface area contributed by atoms with E-state index in [1.807, 2.05) is 36.9 Å². The van der Waals surface area contributed by atoms with Crippen molar-refractivity contribution in [3.63, 3.8) is 0 Å². The molecule has 5 nitrogen and oxygen atoms in total. The van der Waals surface area contributed by atoms with E-state index in [1.165, 1.54) is 0 Å². The molecule has 0 spiro atoms. The first-order valence-corrected chi connectivity index (χ1v) is 6.26. The van der Waals surface area contributed by atoms with E-state index in [1.54, 1.807) is 12.0 Å². The second-order valence-electron chi connectivity index (χ2n) is 4.20. The second-order valence-corrected chi connectivity index (χ2v) is 4.20. The van der Waals surface area contributed by atoms with Gasteiger partial charge >= 0.3 is 0 Å². The summed E-state index contributed by atoms with van der Waals surface area (Å²) in [5.74, 6) is 0.131. The molecule has 1 amide bonds. The summed E-state index contributed by atoms with van der Waals surface area (Å²) in [5, 5.41) is 3.27. The fourth-order valence-corrected chi connectivity index (χ4v) is 1.60. The molecule has 0 aliphatic heterocycles. The van der Waals surface area contributed by atoms with Gasteiger partial charge in [0.2, 0.25) is 5.91 Å². The van der Waals surface area contributed by atoms with Crippen LogP contribution < -0.4 is 5.32 Å². The van der Waals surface area contributed by atoms with Crippen LogP contribution in [0.2, 0.25) is 0 Å². The number of hydrogen-bond acceptors (Lipinski definition) is 3. The molecule has 0 fully saturated rings. The number of amides is 1. The van der Waals surface area contributed by atoms with Crippen LogP contribution >= 0.6 is 0 Å². The molecule has 0 aliphatic rings. The minimum absolute atomic E-state index is 0.131. The van der Waals surface area contributed by atoms with E-state index >= 15 is 0 Å². The summed E-state index contributed by atoms with van der Waals surface area (Å²) in [5.41, 5.74) is 1.11. The zero-order valence-electron chi connectivity index (χ0n) is 11.5. The van der Waals surface area contributed by atoms with Crippen LogP contribution in [-0.2, 0) is 22.6 Å². The lowest BCUT2D eigenvalue weighted by Crippen LogP contribution is -2.30. The van der Waals surface area contributed by atoms with Gasteiger partial charge in [-0.1, -0.05) is 0 Å². The van der Waals surface area contributed by atoms with Crippen molar-refractivity contribution in [3.05, 3.63) is 24.0 Å². The van der Waals surface area contributed by atoms with Crippen LogP contribution in [0.4, 0.5) is 0 Å². The fraction of sp³-hybridized carbons (Fsp3) is 0.615. The number of nitrogens with one attached hydrogen (secondary N) is 1. The predicted molar refractivity (Wildman–Crippen MR) is 71.3 cm³/mol. The van der Waals surface area contributed by atoms with Gasteiger partial charge < -0.3 is 19.5 Å². The Balaban J connectivity index is 2.46. The average Bonchev–Trinajstić information content (AvgIpc) is 2.81. The molecule has 0 saturated heterocycles. The van der Waals surface area contributed by atoms with E-state index in [-0.39, 0.29) is 5.91 Å². The van der Waals surface area contributed by atoms with Crippen molar-refractivity contribution in [1.29, 1.82) is 0 Å². The van der Waals surface area contributed by atoms with Gasteiger partial charge in [0.15, 0.2) is 0 Å². The third-order valence-electron chi connectivity index (χ3n) is 2.92. The van der Waals surface area contributed by atoms with E-state index in [0.717, 1.165) is 25.3 Å². The standard InChI is InChI=1S/C13H23N3O2/c1-4-15(2)13(17)11-16-8-5-6-12(16)10-14-7-9-18-3/h5-6,8,14H,4,7,9-11H2,1-3H3. The number of methoxy groups -OCH3 is 1. The maximum Gasteiger partial charge on any atom is 0.242 e. The van der Waals surface area contributed by atoms with Gasteiger partial charge in [-0.25, -0.2) is 0 Å². The van der Waals surface area contributed by atoms with Crippen molar-refractivity contribution in [1.82, 2.24) is 14.8 Å². The van der Waals surface area contributed by atoms with Crippen LogP contribution in [-0.4, -0.2) is 49.2 Å². The summed E-state index contributed by atoms with van der Waals surface area (Å²) in [6.07, 6.45) is 1.94. The monoisotopic (exact) mass is 253 g/mol. The number of nitrogens with zero attached hydrogens (tertiary/aromatic N) is 2. The molecule has 1 rings (SSSR count). The lowest BCUT2D eigenvalue weighted by Gasteiger charge is -2.16. The molecule has 0 atom stereocenters. The number of likely N-dealkylation sites (N-methyl/N-ethyl adjacent to an activating group) is 1. The molecular formula is C13H23N3O2. The van der Waals surface area contributed by atoms with Crippen molar-refractivity contribution >= 4 is 5.91 Å². The Morgan fingerprint density at radius 1 is 1.56 bits per heavy atom. The van der Waals surface area contributed by atoms with Gasteiger partial charge in [-0.05, 0) is 19.1 Å². The Kier molecular flexibility index (Phi) is 6.46. The first-order chi connectivity index (χ1) is 8.69. The van der Waals surface area contributed by atoms with E-state index in [9.17, 15) is 4.79 Å². The number of carbonyl (C=O) groups is 1.